The van der Waals surface area contributed by atoms with Gasteiger partial charge < -0.3 is 5.32 Å². The van der Waals surface area contributed by atoms with Crippen molar-refractivity contribution in [1.29, 1.82) is 0 Å². The van der Waals surface area contributed by atoms with Gasteiger partial charge in [0.25, 0.3) is 5.91 Å². The summed E-state index contributed by atoms with van der Waals surface area (Å²) < 4.78 is 1.06. The number of nitrogens with zero attached hydrogens (tertiary/aromatic N) is 1. The molecule has 2 aromatic rings. The van der Waals surface area contributed by atoms with Crippen molar-refractivity contribution in [2.75, 3.05) is 6.54 Å². The van der Waals surface area contributed by atoms with Crippen molar-refractivity contribution in [2.45, 2.75) is 6.42 Å². The standard InChI is InChI=1S/C14H13IN2O/c15-12-5-3-4-11(10-12)14(18)17-9-7-13-6-1-2-8-16-13/h1-6,8,10H,7,9H2,(H,17,18). The van der Waals surface area contributed by atoms with Crippen LogP contribution in [0.25, 0.3) is 0 Å². The average molecular weight is 352 g/mol. The van der Waals surface area contributed by atoms with Crippen LogP contribution in [0.2, 0.25) is 0 Å². The van der Waals surface area contributed by atoms with Gasteiger partial charge in [-0.05, 0) is 52.9 Å². The summed E-state index contributed by atoms with van der Waals surface area (Å²) in [6.45, 7) is 0.599. The molecule has 0 aliphatic rings. The molecule has 0 saturated heterocycles. The van der Waals surface area contributed by atoms with E-state index in [9.17, 15) is 4.79 Å². The second-order valence-electron chi connectivity index (χ2n) is 3.84. The van der Waals surface area contributed by atoms with Gasteiger partial charge in [0.05, 0.1) is 0 Å². The number of benzene rings is 1. The van der Waals surface area contributed by atoms with Crippen molar-refractivity contribution in [1.82, 2.24) is 10.3 Å². The van der Waals surface area contributed by atoms with Gasteiger partial charge in [-0.3, -0.25) is 9.78 Å². The predicted molar refractivity (Wildman–Crippen MR) is 79.4 cm³/mol. The largest absolute Gasteiger partial charge is 0.352 e. The summed E-state index contributed by atoms with van der Waals surface area (Å²) in [5, 5.41) is 2.89. The molecule has 1 aromatic heterocycles. The maximum Gasteiger partial charge on any atom is 0.251 e. The number of pyridine rings is 1. The number of carbonyl (C=O) groups is 1. The highest BCUT2D eigenvalue weighted by molar-refractivity contribution is 14.1. The Hall–Kier alpha value is -1.43. The summed E-state index contributed by atoms with van der Waals surface area (Å²) in [7, 11) is 0. The van der Waals surface area contributed by atoms with Gasteiger partial charge in [-0.1, -0.05) is 12.1 Å². The third-order valence-electron chi connectivity index (χ3n) is 2.48. The van der Waals surface area contributed by atoms with E-state index in [1.54, 1.807) is 6.20 Å². The molecule has 0 aliphatic carbocycles. The summed E-state index contributed by atoms with van der Waals surface area (Å²) in [6, 6.07) is 13.3. The lowest BCUT2D eigenvalue weighted by molar-refractivity contribution is 0.0954. The molecule has 1 heterocycles. The van der Waals surface area contributed by atoms with Crippen LogP contribution in [0.15, 0.2) is 48.7 Å². The van der Waals surface area contributed by atoms with Gasteiger partial charge in [-0.2, -0.15) is 0 Å². The van der Waals surface area contributed by atoms with Gasteiger partial charge in [-0.25, -0.2) is 0 Å². The maximum absolute atomic E-state index is 11.9. The lowest BCUT2D eigenvalue weighted by Gasteiger charge is -2.05. The van der Waals surface area contributed by atoms with Crippen LogP contribution < -0.4 is 5.32 Å². The van der Waals surface area contributed by atoms with Crippen molar-refractivity contribution in [3.05, 3.63) is 63.5 Å². The Balaban J connectivity index is 1.86. The quantitative estimate of drug-likeness (QED) is 0.860. The summed E-state index contributed by atoms with van der Waals surface area (Å²) in [6.07, 6.45) is 2.51. The summed E-state index contributed by atoms with van der Waals surface area (Å²) in [5.74, 6) is -0.0375. The van der Waals surface area contributed by atoms with Crippen LogP contribution in [0.4, 0.5) is 0 Å². The fourth-order valence-electron chi connectivity index (χ4n) is 1.58. The zero-order valence-corrected chi connectivity index (χ0v) is 11.9. The van der Waals surface area contributed by atoms with E-state index in [-0.39, 0.29) is 5.91 Å². The topological polar surface area (TPSA) is 42.0 Å². The minimum atomic E-state index is -0.0375. The number of hydrogen-bond donors (Lipinski definition) is 1. The second kappa shape index (κ2) is 6.49. The number of hydrogen-bond acceptors (Lipinski definition) is 2. The number of nitrogens with one attached hydrogen (secondary N) is 1. The molecule has 2 rings (SSSR count). The number of amides is 1. The van der Waals surface area contributed by atoms with Gasteiger partial charge in [0.1, 0.15) is 0 Å². The van der Waals surface area contributed by atoms with E-state index in [1.807, 2.05) is 42.5 Å². The minimum absolute atomic E-state index is 0.0375. The van der Waals surface area contributed by atoms with Crippen molar-refractivity contribution < 1.29 is 4.79 Å². The van der Waals surface area contributed by atoms with Crippen LogP contribution in [-0.2, 0) is 6.42 Å². The highest BCUT2D eigenvalue weighted by Gasteiger charge is 2.04. The molecule has 0 unspecified atom stereocenters. The molecule has 0 fully saturated rings. The average Bonchev–Trinajstić information content (AvgIpc) is 2.40. The molecule has 18 heavy (non-hydrogen) atoms. The van der Waals surface area contributed by atoms with E-state index in [0.717, 1.165) is 15.7 Å². The smallest absolute Gasteiger partial charge is 0.251 e. The molecule has 0 aliphatic heterocycles. The molecule has 1 N–H and O–H groups in total. The van der Waals surface area contributed by atoms with Crippen LogP contribution >= 0.6 is 22.6 Å². The second-order valence-corrected chi connectivity index (χ2v) is 5.08. The molecule has 92 valence electrons. The van der Waals surface area contributed by atoms with E-state index in [1.165, 1.54) is 0 Å². The van der Waals surface area contributed by atoms with Crippen LogP contribution in [0.3, 0.4) is 0 Å². The zero-order chi connectivity index (χ0) is 12.8. The van der Waals surface area contributed by atoms with E-state index < -0.39 is 0 Å². The molecule has 0 radical (unpaired) electrons. The lowest BCUT2D eigenvalue weighted by Crippen LogP contribution is -2.25. The predicted octanol–water partition coefficient (Wildman–Crippen LogP) is 2.66. The molecular formula is C14H13IN2O. The minimum Gasteiger partial charge on any atom is -0.352 e. The van der Waals surface area contributed by atoms with Crippen LogP contribution in [0, 0.1) is 3.57 Å². The van der Waals surface area contributed by atoms with Gasteiger partial charge >= 0.3 is 0 Å². The van der Waals surface area contributed by atoms with E-state index >= 15 is 0 Å². The lowest BCUT2D eigenvalue weighted by atomic mass is 10.2. The number of rotatable bonds is 4. The molecule has 3 nitrogen and oxygen atoms in total. The van der Waals surface area contributed by atoms with Gasteiger partial charge in [0, 0.05) is 34.0 Å². The summed E-state index contributed by atoms with van der Waals surface area (Å²) in [5.41, 5.74) is 1.68. The first-order chi connectivity index (χ1) is 8.75. The molecule has 0 atom stereocenters. The number of halogens is 1. The Kier molecular flexibility index (Phi) is 4.69. The van der Waals surface area contributed by atoms with Gasteiger partial charge in [0.2, 0.25) is 0 Å². The van der Waals surface area contributed by atoms with Gasteiger partial charge in [-0.15, -0.1) is 0 Å². The fourth-order valence-corrected chi connectivity index (χ4v) is 2.12. The summed E-state index contributed by atoms with van der Waals surface area (Å²) >= 11 is 2.20. The van der Waals surface area contributed by atoms with Crippen LogP contribution in [0.5, 0.6) is 0 Å². The van der Waals surface area contributed by atoms with Crippen molar-refractivity contribution >= 4 is 28.5 Å². The van der Waals surface area contributed by atoms with E-state index in [2.05, 4.69) is 32.9 Å². The fraction of sp³-hybridized carbons (Fsp3) is 0.143. The highest BCUT2D eigenvalue weighted by atomic mass is 127. The van der Waals surface area contributed by atoms with Gasteiger partial charge in [0.15, 0.2) is 0 Å². The Morgan fingerprint density at radius 3 is 2.83 bits per heavy atom. The van der Waals surface area contributed by atoms with E-state index in [4.69, 9.17) is 0 Å². The van der Waals surface area contributed by atoms with Crippen molar-refractivity contribution in [3.8, 4) is 0 Å². The Bertz CT molecular complexity index is 528. The molecule has 0 bridgehead atoms. The van der Waals surface area contributed by atoms with Crippen molar-refractivity contribution in [3.63, 3.8) is 0 Å². The molecule has 1 aromatic carbocycles. The van der Waals surface area contributed by atoms with Crippen LogP contribution in [0.1, 0.15) is 16.1 Å². The summed E-state index contributed by atoms with van der Waals surface area (Å²) in [4.78, 5) is 16.1. The molecule has 0 spiro atoms. The Morgan fingerprint density at radius 1 is 1.22 bits per heavy atom. The zero-order valence-electron chi connectivity index (χ0n) is 9.77. The first-order valence-electron chi connectivity index (χ1n) is 5.69. The van der Waals surface area contributed by atoms with E-state index in [0.29, 0.717) is 12.1 Å². The van der Waals surface area contributed by atoms with Crippen LogP contribution in [-0.4, -0.2) is 17.4 Å². The first kappa shape index (κ1) is 13.0. The van der Waals surface area contributed by atoms with Crippen molar-refractivity contribution in [2.24, 2.45) is 0 Å². The maximum atomic E-state index is 11.9. The molecule has 0 saturated carbocycles. The monoisotopic (exact) mass is 352 g/mol. The first-order valence-corrected chi connectivity index (χ1v) is 6.77. The normalized spacial score (nSPS) is 10.1. The Labute approximate surface area is 120 Å². The third kappa shape index (κ3) is 3.80. The number of aromatic nitrogens is 1. The third-order valence-corrected chi connectivity index (χ3v) is 3.15. The molecule has 4 heteroatoms. The molecule has 1 amide bonds. The highest BCUT2D eigenvalue weighted by Crippen LogP contribution is 2.07. The SMILES string of the molecule is O=C(NCCc1ccccn1)c1cccc(I)c1. The number of carbonyl (C=O) groups excluding carboxylic acids is 1. The Morgan fingerprint density at radius 2 is 2.11 bits per heavy atom. The molecular weight excluding hydrogens is 339 g/mol.